The number of carbonyl (C=O) groups is 1. The molecule has 209 valence electrons. The van der Waals surface area contributed by atoms with Gasteiger partial charge < -0.3 is 9.67 Å². The minimum atomic E-state index is -0.125. The Morgan fingerprint density at radius 2 is 1.49 bits per heavy atom. The molecular formula is C36H33IrN2O2-. The number of carbonyl (C=O) groups excluding carboxylic acids is 1. The number of fused-ring (bicyclic) bond motifs is 5. The molecule has 0 bridgehead atoms. The van der Waals surface area contributed by atoms with Crippen LogP contribution in [0.15, 0.2) is 109 Å². The fraction of sp³-hybridized carbons (Fsp3) is 0.167. The van der Waals surface area contributed by atoms with Crippen LogP contribution in [0.5, 0.6) is 0 Å². The number of nitrogens with zero attached hydrogens (tertiary/aromatic N) is 2. The van der Waals surface area contributed by atoms with Crippen molar-refractivity contribution in [3.05, 3.63) is 121 Å². The zero-order chi connectivity index (χ0) is 28.4. The summed E-state index contributed by atoms with van der Waals surface area (Å²) in [5, 5.41) is 12.0. The number of pyridine rings is 1. The summed E-state index contributed by atoms with van der Waals surface area (Å²) in [4.78, 5) is 15.2. The van der Waals surface area contributed by atoms with Crippen molar-refractivity contribution in [3.8, 4) is 16.9 Å². The number of hydrogen-bond donors (Lipinski definition) is 1. The Labute approximate surface area is 254 Å². The van der Waals surface area contributed by atoms with Gasteiger partial charge in [0.05, 0.1) is 16.8 Å². The second-order valence-corrected chi connectivity index (χ2v) is 11.0. The molecule has 0 atom stereocenters. The van der Waals surface area contributed by atoms with Crippen molar-refractivity contribution in [1.82, 2.24) is 9.55 Å². The van der Waals surface area contributed by atoms with Gasteiger partial charge in [0.25, 0.3) is 0 Å². The number of aromatic nitrogens is 2. The maximum absolute atomic E-state index is 10.0. The molecule has 0 spiro atoms. The monoisotopic (exact) mass is 718 g/mol. The van der Waals surface area contributed by atoms with Crippen molar-refractivity contribution in [1.29, 1.82) is 0 Å². The Morgan fingerprint density at radius 1 is 0.854 bits per heavy atom. The van der Waals surface area contributed by atoms with E-state index in [9.17, 15) is 4.79 Å². The van der Waals surface area contributed by atoms with E-state index in [4.69, 9.17) is 10.1 Å². The summed E-state index contributed by atoms with van der Waals surface area (Å²) in [6.45, 7) is 9.54. The van der Waals surface area contributed by atoms with E-state index in [-0.39, 0.29) is 37.1 Å². The van der Waals surface area contributed by atoms with Crippen LogP contribution in [-0.2, 0) is 30.3 Å². The molecule has 1 radical (unpaired) electrons. The first-order valence-corrected chi connectivity index (χ1v) is 13.4. The number of aliphatic hydroxyl groups is 1. The van der Waals surface area contributed by atoms with Crippen LogP contribution in [-0.4, -0.2) is 20.4 Å². The molecule has 0 aliphatic rings. The zero-order valence-corrected chi connectivity index (χ0v) is 26.3. The first-order chi connectivity index (χ1) is 19.1. The van der Waals surface area contributed by atoms with Crippen molar-refractivity contribution in [2.24, 2.45) is 0 Å². The molecule has 0 saturated heterocycles. The molecule has 0 aliphatic carbocycles. The normalized spacial score (nSPS) is 11.7. The fourth-order valence-corrected chi connectivity index (χ4v) is 5.06. The van der Waals surface area contributed by atoms with Gasteiger partial charge in [-0.15, -0.1) is 35.4 Å². The van der Waals surface area contributed by atoms with E-state index in [0.717, 1.165) is 28.0 Å². The molecule has 1 N–H and O–H groups in total. The largest absolute Gasteiger partial charge is 0.512 e. The fourth-order valence-electron chi connectivity index (χ4n) is 5.06. The predicted octanol–water partition coefficient (Wildman–Crippen LogP) is 9.13. The van der Waals surface area contributed by atoms with Gasteiger partial charge in [0.15, 0.2) is 5.78 Å². The second-order valence-electron chi connectivity index (χ2n) is 11.0. The number of allylic oxidation sites excluding steroid dienone is 2. The molecule has 4 aromatic carbocycles. The summed E-state index contributed by atoms with van der Waals surface area (Å²) < 4.78 is 2.35. The molecule has 0 fully saturated rings. The Morgan fingerprint density at radius 3 is 2.07 bits per heavy atom. The Balaban J connectivity index is 0.000000434. The molecule has 6 aromatic rings. The van der Waals surface area contributed by atoms with E-state index in [1.807, 2.05) is 0 Å². The average Bonchev–Trinajstić information content (AvgIpc) is 3.28. The van der Waals surface area contributed by atoms with E-state index in [1.54, 1.807) is 0 Å². The van der Waals surface area contributed by atoms with Gasteiger partial charge in [-0.25, -0.2) is 0 Å². The Bertz CT molecular complexity index is 1860. The molecule has 4 nitrogen and oxygen atoms in total. The second kappa shape index (κ2) is 12.2. The van der Waals surface area contributed by atoms with Crippen LogP contribution in [0, 0.1) is 6.07 Å². The number of ketones is 1. The minimum absolute atomic E-state index is 0. The van der Waals surface area contributed by atoms with Crippen molar-refractivity contribution in [2.45, 2.75) is 40.0 Å². The number of para-hydroxylation sites is 3. The Kier molecular flexibility index (Phi) is 8.92. The van der Waals surface area contributed by atoms with Gasteiger partial charge in [0.2, 0.25) is 0 Å². The van der Waals surface area contributed by atoms with E-state index < -0.39 is 0 Å². The first-order valence-electron chi connectivity index (χ1n) is 13.4. The van der Waals surface area contributed by atoms with Crippen molar-refractivity contribution in [3.63, 3.8) is 0 Å². The van der Waals surface area contributed by atoms with Crippen molar-refractivity contribution in [2.75, 3.05) is 0 Å². The third kappa shape index (κ3) is 6.17. The topological polar surface area (TPSA) is 55.1 Å². The quantitative estimate of drug-likeness (QED) is 0.113. The van der Waals surface area contributed by atoms with Gasteiger partial charge in [0.1, 0.15) is 0 Å². The Hall–Kier alpha value is -4.05. The molecule has 2 aromatic heterocycles. The van der Waals surface area contributed by atoms with Crippen LogP contribution in [0.1, 0.15) is 40.2 Å². The van der Waals surface area contributed by atoms with Gasteiger partial charge >= 0.3 is 0 Å². The third-order valence-electron chi connectivity index (χ3n) is 6.87. The standard InChI is InChI=1S/C31H25N2.C5H8O2.Ir/c1-31(2,3)22-19-17-21(18-20-22)29-30-28(24-13-7-9-15-26(24)32-29)25-14-8-10-16-27(25)33(30)23-11-5-4-6-12-23;1-4(6)3-5(2)7;/h4-17,19-20H,1-3H3;3,6H,1-2H3;/q-1;;/b;4-3-;. The van der Waals surface area contributed by atoms with E-state index >= 15 is 0 Å². The van der Waals surface area contributed by atoms with Crippen LogP contribution in [0.4, 0.5) is 0 Å². The molecule has 0 saturated carbocycles. The maximum Gasteiger partial charge on any atom is 0.155 e. The van der Waals surface area contributed by atoms with E-state index in [1.165, 1.54) is 47.2 Å². The molecule has 0 aliphatic heterocycles. The molecular weight excluding hydrogens is 685 g/mol. The van der Waals surface area contributed by atoms with Crippen LogP contribution >= 0.6 is 0 Å². The van der Waals surface area contributed by atoms with Crippen molar-refractivity contribution < 1.29 is 30.0 Å². The molecule has 41 heavy (non-hydrogen) atoms. The van der Waals surface area contributed by atoms with Gasteiger partial charge in [-0.05, 0) is 43.5 Å². The van der Waals surface area contributed by atoms with Crippen molar-refractivity contribution >= 4 is 38.5 Å². The number of benzene rings is 4. The summed E-state index contributed by atoms with van der Waals surface area (Å²) in [5.41, 5.74) is 7.78. The average molecular weight is 718 g/mol. The van der Waals surface area contributed by atoms with Gasteiger partial charge in [-0.1, -0.05) is 75.4 Å². The molecule has 6 rings (SSSR count). The van der Waals surface area contributed by atoms with Gasteiger partial charge in [-0.2, -0.15) is 0 Å². The number of rotatable bonds is 3. The smallest absolute Gasteiger partial charge is 0.155 e. The van der Waals surface area contributed by atoms with E-state index in [0.29, 0.717) is 0 Å². The summed E-state index contributed by atoms with van der Waals surface area (Å²) >= 11 is 0. The number of hydrogen-bond acceptors (Lipinski definition) is 3. The molecule has 0 amide bonds. The van der Waals surface area contributed by atoms with Gasteiger partial charge in [0, 0.05) is 59.2 Å². The molecule has 5 heteroatoms. The minimum Gasteiger partial charge on any atom is -0.512 e. The first kappa shape index (κ1) is 29.9. The van der Waals surface area contributed by atoms with Crippen LogP contribution in [0.2, 0.25) is 0 Å². The zero-order valence-electron chi connectivity index (χ0n) is 23.9. The van der Waals surface area contributed by atoms with Crippen LogP contribution in [0.25, 0.3) is 49.7 Å². The SMILES string of the molecule is CC(=O)/C=C(/C)O.CC(C)(C)c1c[c-]c(-c2nc3ccccc3c3c4ccccc4n(-c4ccccc4)c23)cc1.[Ir]. The third-order valence-corrected chi connectivity index (χ3v) is 6.87. The van der Waals surface area contributed by atoms with Crippen LogP contribution < -0.4 is 0 Å². The maximum atomic E-state index is 10.0. The van der Waals surface area contributed by atoms with Crippen LogP contribution in [0.3, 0.4) is 0 Å². The summed E-state index contributed by atoms with van der Waals surface area (Å²) in [7, 11) is 0. The van der Waals surface area contributed by atoms with Gasteiger partial charge in [-0.3, -0.25) is 9.78 Å². The summed E-state index contributed by atoms with van der Waals surface area (Å²) in [6, 6.07) is 37.7. The van der Waals surface area contributed by atoms with E-state index in [2.05, 4.69) is 128 Å². The predicted molar refractivity (Wildman–Crippen MR) is 166 cm³/mol. The molecule has 2 heterocycles. The molecule has 0 unspecified atom stereocenters. The summed E-state index contributed by atoms with van der Waals surface area (Å²) in [6.07, 6.45) is 1.17. The number of aliphatic hydroxyl groups excluding tert-OH is 1. The summed E-state index contributed by atoms with van der Waals surface area (Å²) in [5.74, 6) is -0.0625.